The molecule has 96 valence electrons. The van der Waals surface area contributed by atoms with E-state index in [0.717, 1.165) is 12.0 Å². The molecule has 0 aliphatic heterocycles. The highest BCUT2D eigenvalue weighted by atomic mass is 19.4. The van der Waals surface area contributed by atoms with Crippen molar-refractivity contribution in [3.8, 4) is 5.75 Å². The van der Waals surface area contributed by atoms with Crippen molar-refractivity contribution in [1.82, 2.24) is 5.32 Å². The summed E-state index contributed by atoms with van der Waals surface area (Å²) in [6.07, 6.45) is -3.53. The van der Waals surface area contributed by atoms with Crippen LogP contribution in [0.15, 0.2) is 24.3 Å². The third-order valence-corrected chi connectivity index (χ3v) is 2.44. The quantitative estimate of drug-likeness (QED) is 0.862. The molecule has 2 nitrogen and oxygen atoms in total. The molecule has 0 radical (unpaired) electrons. The van der Waals surface area contributed by atoms with Gasteiger partial charge in [0.2, 0.25) is 0 Å². The summed E-state index contributed by atoms with van der Waals surface area (Å²) < 4.78 is 41.1. The molecule has 0 heterocycles. The zero-order chi connectivity index (χ0) is 12.9. The normalized spacial score (nSPS) is 13.5. The Balaban J connectivity index is 2.84. The van der Waals surface area contributed by atoms with Crippen LogP contribution in [0.1, 0.15) is 24.9 Å². The molecule has 5 heteroatoms. The van der Waals surface area contributed by atoms with Crippen LogP contribution in [0.2, 0.25) is 0 Å². The number of nitrogens with one attached hydrogen (secondary N) is 1. The fourth-order valence-corrected chi connectivity index (χ4v) is 1.64. The van der Waals surface area contributed by atoms with E-state index in [1.165, 1.54) is 0 Å². The van der Waals surface area contributed by atoms with Crippen LogP contribution in [-0.4, -0.2) is 19.8 Å². The van der Waals surface area contributed by atoms with Gasteiger partial charge in [0.25, 0.3) is 0 Å². The van der Waals surface area contributed by atoms with E-state index in [9.17, 15) is 13.2 Å². The number of para-hydroxylation sites is 1. The maximum atomic E-state index is 12.1. The van der Waals surface area contributed by atoms with Gasteiger partial charge < -0.3 is 10.1 Å². The molecule has 0 spiro atoms. The molecule has 0 fully saturated rings. The SMILES string of the molecule is CCC(NC)c1ccccc1OCC(F)(F)F. The van der Waals surface area contributed by atoms with Gasteiger partial charge in [0.15, 0.2) is 6.61 Å². The first kappa shape index (κ1) is 13.8. The summed E-state index contributed by atoms with van der Waals surface area (Å²) in [6, 6.07) is 6.78. The summed E-state index contributed by atoms with van der Waals surface area (Å²) in [5.41, 5.74) is 0.752. The molecule has 1 atom stereocenters. The van der Waals surface area contributed by atoms with E-state index in [0.29, 0.717) is 0 Å². The molecule has 0 saturated carbocycles. The first-order valence-electron chi connectivity index (χ1n) is 5.43. The van der Waals surface area contributed by atoms with Crippen LogP contribution >= 0.6 is 0 Å². The standard InChI is InChI=1S/C12H16F3NO/c1-3-10(16-2)9-6-4-5-7-11(9)17-8-12(13,14)15/h4-7,10,16H,3,8H2,1-2H3. The number of hydrogen-bond acceptors (Lipinski definition) is 2. The Bertz CT molecular complexity index is 348. The summed E-state index contributed by atoms with van der Waals surface area (Å²) in [4.78, 5) is 0. The lowest BCUT2D eigenvalue weighted by Gasteiger charge is -2.19. The zero-order valence-corrected chi connectivity index (χ0v) is 9.84. The molecule has 1 aromatic carbocycles. The van der Waals surface area contributed by atoms with Crippen molar-refractivity contribution in [1.29, 1.82) is 0 Å². The molecule has 1 rings (SSSR count). The average molecular weight is 247 g/mol. The van der Waals surface area contributed by atoms with Gasteiger partial charge in [0.1, 0.15) is 5.75 Å². The molecule has 0 saturated heterocycles. The number of alkyl halides is 3. The lowest BCUT2D eigenvalue weighted by Crippen LogP contribution is -2.21. The molecule has 17 heavy (non-hydrogen) atoms. The summed E-state index contributed by atoms with van der Waals surface area (Å²) in [5, 5.41) is 3.04. The van der Waals surface area contributed by atoms with Gasteiger partial charge in [-0.3, -0.25) is 0 Å². The second-order valence-electron chi connectivity index (χ2n) is 3.69. The maximum absolute atomic E-state index is 12.1. The van der Waals surface area contributed by atoms with Crippen LogP contribution < -0.4 is 10.1 Å². The van der Waals surface area contributed by atoms with E-state index in [1.807, 2.05) is 6.92 Å². The first-order valence-corrected chi connectivity index (χ1v) is 5.43. The summed E-state index contributed by atoms with van der Waals surface area (Å²) in [5.74, 6) is 0.283. The van der Waals surface area contributed by atoms with Gasteiger partial charge >= 0.3 is 6.18 Å². The highest BCUT2D eigenvalue weighted by Gasteiger charge is 2.29. The number of halogens is 3. The third kappa shape index (κ3) is 4.26. The Labute approximate surface area is 98.8 Å². The van der Waals surface area contributed by atoms with Crippen molar-refractivity contribution in [2.75, 3.05) is 13.7 Å². The Morgan fingerprint density at radius 2 is 1.94 bits per heavy atom. The highest BCUT2D eigenvalue weighted by molar-refractivity contribution is 5.35. The van der Waals surface area contributed by atoms with E-state index in [-0.39, 0.29) is 11.8 Å². The lowest BCUT2D eigenvalue weighted by atomic mass is 10.0. The summed E-state index contributed by atoms with van der Waals surface area (Å²) in [6.45, 7) is 0.700. The van der Waals surface area contributed by atoms with E-state index in [2.05, 4.69) is 5.32 Å². The molecular weight excluding hydrogens is 231 g/mol. The fraction of sp³-hybridized carbons (Fsp3) is 0.500. The molecule has 1 N–H and O–H groups in total. The minimum atomic E-state index is -4.31. The second-order valence-corrected chi connectivity index (χ2v) is 3.69. The molecule has 0 aliphatic carbocycles. The number of ether oxygens (including phenoxy) is 1. The van der Waals surface area contributed by atoms with E-state index in [1.54, 1.807) is 31.3 Å². The molecule has 0 bridgehead atoms. The third-order valence-electron chi connectivity index (χ3n) is 2.44. The number of hydrogen-bond donors (Lipinski definition) is 1. The molecule has 0 aromatic heterocycles. The molecule has 1 aromatic rings. The molecule has 0 aliphatic rings. The van der Waals surface area contributed by atoms with Gasteiger partial charge in [-0.15, -0.1) is 0 Å². The second kappa shape index (κ2) is 5.91. The van der Waals surface area contributed by atoms with Gasteiger partial charge in [-0.1, -0.05) is 25.1 Å². The van der Waals surface area contributed by atoms with E-state index in [4.69, 9.17) is 4.74 Å². The first-order chi connectivity index (χ1) is 7.98. The monoisotopic (exact) mass is 247 g/mol. The molecule has 0 amide bonds. The maximum Gasteiger partial charge on any atom is 0.422 e. The molecular formula is C12H16F3NO. The topological polar surface area (TPSA) is 21.3 Å². The molecule has 1 unspecified atom stereocenters. The Morgan fingerprint density at radius 3 is 2.47 bits per heavy atom. The number of benzene rings is 1. The van der Waals surface area contributed by atoms with Gasteiger partial charge in [-0.25, -0.2) is 0 Å². The van der Waals surface area contributed by atoms with Crippen LogP contribution in [0.25, 0.3) is 0 Å². The smallest absolute Gasteiger partial charge is 0.422 e. The average Bonchev–Trinajstić information content (AvgIpc) is 2.28. The largest absolute Gasteiger partial charge is 0.484 e. The minimum Gasteiger partial charge on any atom is -0.484 e. The van der Waals surface area contributed by atoms with Crippen molar-refractivity contribution >= 4 is 0 Å². The summed E-state index contributed by atoms with van der Waals surface area (Å²) >= 11 is 0. The highest BCUT2D eigenvalue weighted by Crippen LogP contribution is 2.28. The Hall–Kier alpha value is -1.23. The van der Waals surface area contributed by atoms with Crippen molar-refractivity contribution in [2.45, 2.75) is 25.6 Å². The summed E-state index contributed by atoms with van der Waals surface area (Å²) in [7, 11) is 1.77. The number of rotatable bonds is 5. The predicted octanol–water partition coefficient (Wildman–Crippen LogP) is 3.30. The van der Waals surface area contributed by atoms with Crippen LogP contribution in [0.4, 0.5) is 13.2 Å². The van der Waals surface area contributed by atoms with Crippen molar-refractivity contribution in [2.24, 2.45) is 0 Å². The lowest BCUT2D eigenvalue weighted by molar-refractivity contribution is -0.153. The van der Waals surface area contributed by atoms with E-state index < -0.39 is 12.8 Å². The van der Waals surface area contributed by atoms with Gasteiger partial charge in [0, 0.05) is 11.6 Å². The Morgan fingerprint density at radius 1 is 1.29 bits per heavy atom. The van der Waals surface area contributed by atoms with Gasteiger partial charge in [-0.2, -0.15) is 13.2 Å². The Kier molecular flexibility index (Phi) is 4.81. The predicted molar refractivity (Wildman–Crippen MR) is 60.1 cm³/mol. The van der Waals surface area contributed by atoms with E-state index >= 15 is 0 Å². The van der Waals surface area contributed by atoms with Crippen molar-refractivity contribution < 1.29 is 17.9 Å². The van der Waals surface area contributed by atoms with Gasteiger partial charge in [0.05, 0.1) is 0 Å². The van der Waals surface area contributed by atoms with Crippen molar-refractivity contribution in [3.63, 3.8) is 0 Å². The van der Waals surface area contributed by atoms with Crippen LogP contribution in [0, 0.1) is 0 Å². The fourth-order valence-electron chi connectivity index (χ4n) is 1.64. The van der Waals surface area contributed by atoms with Crippen LogP contribution in [0.5, 0.6) is 5.75 Å². The van der Waals surface area contributed by atoms with Crippen molar-refractivity contribution in [3.05, 3.63) is 29.8 Å². The van der Waals surface area contributed by atoms with Crippen LogP contribution in [-0.2, 0) is 0 Å². The van der Waals surface area contributed by atoms with Crippen LogP contribution in [0.3, 0.4) is 0 Å². The zero-order valence-electron chi connectivity index (χ0n) is 9.84. The minimum absolute atomic E-state index is 0.000524. The van der Waals surface area contributed by atoms with Gasteiger partial charge in [-0.05, 0) is 19.5 Å².